The minimum absolute atomic E-state index is 0.0952. The first-order valence-electron chi connectivity index (χ1n) is 9.29. The third kappa shape index (κ3) is 3.66. The van der Waals surface area contributed by atoms with Crippen LogP contribution in [0.2, 0.25) is 0 Å². The summed E-state index contributed by atoms with van der Waals surface area (Å²) in [6.07, 6.45) is 3.67. The lowest BCUT2D eigenvalue weighted by atomic mass is 10.1. The molecule has 3 aromatic rings. The molecule has 140 valence electrons. The predicted octanol–water partition coefficient (Wildman–Crippen LogP) is 2.97. The van der Waals surface area contributed by atoms with Crippen molar-refractivity contribution in [1.29, 1.82) is 0 Å². The summed E-state index contributed by atoms with van der Waals surface area (Å²) < 4.78 is 7.28. The number of hydrogen-bond acceptors (Lipinski definition) is 4. The number of aryl methyl sites for hydroxylation is 1. The fourth-order valence-corrected chi connectivity index (χ4v) is 3.41. The summed E-state index contributed by atoms with van der Waals surface area (Å²) >= 11 is 0. The summed E-state index contributed by atoms with van der Waals surface area (Å²) in [5.41, 5.74) is 4.55. The van der Waals surface area contributed by atoms with Gasteiger partial charge in [0.25, 0.3) is 5.91 Å². The first-order valence-corrected chi connectivity index (χ1v) is 9.29. The average molecular weight is 364 g/mol. The predicted molar refractivity (Wildman–Crippen MR) is 105 cm³/mol. The highest BCUT2D eigenvalue weighted by Gasteiger charge is 2.16. The van der Waals surface area contributed by atoms with Crippen molar-refractivity contribution < 1.29 is 9.53 Å². The third-order valence-corrected chi connectivity index (χ3v) is 5.03. The van der Waals surface area contributed by atoms with Gasteiger partial charge in [0.1, 0.15) is 11.3 Å². The molecular formula is C21H24N4O2. The van der Waals surface area contributed by atoms with Gasteiger partial charge in [-0.1, -0.05) is 18.2 Å². The molecule has 1 amide bonds. The molecule has 1 aromatic carbocycles. The summed E-state index contributed by atoms with van der Waals surface area (Å²) in [6.45, 7) is 7.35. The fourth-order valence-electron chi connectivity index (χ4n) is 3.41. The summed E-state index contributed by atoms with van der Waals surface area (Å²) in [6, 6.07) is 12.2. The molecule has 3 heterocycles. The Kier molecular flexibility index (Phi) is 4.81. The number of carbonyl (C=O) groups excluding carboxylic acids is 1. The molecule has 1 aliphatic heterocycles. The summed E-state index contributed by atoms with van der Waals surface area (Å²) in [7, 11) is 0. The second-order valence-corrected chi connectivity index (χ2v) is 6.93. The van der Waals surface area contributed by atoms with Gasteiger partial charge in [-0.15, -0.1) is 0 Å². The minimum atomic E-state index is -0.164. The standard InChI is InChI=1S/C21H24N4O2/c1-15-4-3-9-25-14-19(23-20(15)25)21(26)22-16(2)17-5-7-18(8-6-17)24-10-12-27-13-11-24/h3-9,14,16H,10-13H2,1-2H3,(H,22,26)/t16-/m1/s1. The monoisotopic (exact) mass is 364 g/mol. The van der Waals surface area contributed by atoms with Crippen LogP contribution in [0.3, 0.4) is 0 Å². The van der Waals surface area contributed by atoms with Crippen LogP contribution in [0.4, 0.5) is 5.69 Å². The molecule has 27 heavy (non-hydrogen) atoms. The van der Waals surface area contributed by atoms with Crippen LogP contribution in [0.5, 0.6) is 0 Å². The van der Waals surface area contributed by atoms with E-state index >= 15 is 0 Å². The lowest BCUT2D eigenvalue weighted by Gasteiger charge is -2.29. The van der Waals surface area contributed by atoms with E-state index < -0.39 is 0 Å². The third-order valence-electron chi connectivity index (χ3n) is 5.03. The maximum absolute atomic E-state index is 12.6. The van der Waals surface area contributed by atoms with Gasteiger partial charge in [0.15, 0.2) is 0 Å². The first-order chi connectivity index (χ1) is 13.1. The Morgan fingerprint density at radius 1 is 1.19 bits per heavy atom. The van der Waals surface area contributed by atoms with Crippen LogP contribution in [0, 0.1) is 6.92 Å². The number of rotatable bonds is 4. The molecule has 0 radical (unpaired) electrons. The largest absolute Gasteiger partial charge is 0.378 e. The zero-order valence-electron chi connectivity index (χ0n) is 15.7. The molecule has 0 aliphatic carbocycles. The Morgan fingerprint density at radius 3 is 2.63 bits per heavy atom. The second-order valence-electron chi connectivity index (χ2n) is 6.93. The highest BCUT2D eigenvalue weighted by atomic mass is 16.5. The van der Waals surface area contributed by atoms with E-state index in [-0.39, 0.29) is 11.9 Å². The van der Waals surface area contributed by atoms with Gasteiger partial charge in [-0.3, -0.25) is 4.79 Å². The maximum atomic E-state index is 12.6. The van der Waals surface area contributed by atoms with Crippen molar-refractivity contribution in [3.63, 3.8) is 0 Å². The lowest BCUT2D eigenvalue weighted by molar-refractivity contribution is 0.0935. The van der Waals surface area contributed by atoms with Crippen LogP contribution in [0.1, 0.15) is 34.6 Å². The van der Waals surface area contributed by atoms with Crippen molar-refractivity contribution in [1.82, 2.24) is 14.7 Å². The van der Waals surface area contributed by atoms with E-state index in [4.69, 9.17) is 4.74 Å². The molecule has 1 atom stereocenters. The van der Waals surface area contributed by atoms with Gasteiger partial charge in [-0.2, -0.15) is 0 Å². The van der Waals surface area contributed by atoms with E-state index in [1.54, 1.807) is 6.20 Å². The van der Waals surface area contributed by atoms with E-state index in [2.05, 4.69) is 39.5 Å². The zero-order valence-corrected chi connectivity index (χ0v) is 15.7. The van der Waals surface area contributed by atoms with Crippen molar-refractivity contribution in [2.75, 3.05) is 31.2 Å². The number of hydrogen-bond donors (Lipinski definition) is 1. The van der Waals surface area contributed by atoms with Gasteiger partial charge in [-0.05, 0) is 43.2 Å². The van der Waals surface area contributed by atoms with Gasteiger partial charge in [0, 0.05) is 31.2 Å². The van der Waals surface area contributed by atoms with E-state index in [1.807, 2.05) is 36.6 Å². The number of nitrogens with zero attached hydrogens (tertiary/aromatic N) is 3. The quantitative estimate of drug-likeness (QED) is 0.773. The summed E-state index contributed by atoms with van der Waals surface area (Å²) in [5, 5.41) is 3.04. The number of aromatic nitrogens is 2. The molecule has 0 unspecified atom stereocenters. The Bertz CT molecular complexity index is 942. The van der Waals surface area contributed by atoms with Crippen LogP contribution < -0.4 is 10.2 Å². The number of pyridine rings is 1. The van der Waals surface area contributed by atoms with Gasteiger partial charge in [0.05, 0.1) is 19.3 Å². The molecule has 1 N–H and O–H groups in total. The molecule has 2 aromatic heterocycles. The molecule has 1 aliphatic rings. The van der Waals surface area contributed by atoms with E-state index in [0.717, 1.165) is 43.1 Å². The zero-order chi connectivity index (χ0) is 18.8. The Morgan fingerprint density at radius 2 is 1.93 bits per heavy atom. The molecule has 0 saturated carbocycles. The number of morpholine rings is 1. The number of carbonyl (C=O) groups is 1. The molecule has 6 nitrogen and oxygen atoms in total. The van der Waals surface area contributed by atoms with Crippen LogP contribution in [-0.2, 0) is 4.74 Å². The van der Waals surface area contributed by atoms with Crippen molar-refractivity contribution in [2.45, 2.75) is 19.9 Å². The Balaban J connectivity index is 1.45. The highest BCUT2D eigenvalue weighted by molar-refractivity contribution is 5.93. The molecule has 4 rings (SSSR count). The van der Waals surface area contributed by atoms with Gasteiger partial charge in [-0.25, -0.2) is 4.98 Å². The van der Waals surface area contributed by atoms with E-state index in [0.29, 0.717) is 5.69 Å². The van der Waals surface area contributed by atoms with Crippen LogP contribution in [0.25, 0.3) is 5.65 Å². The number of nitrogens with one attached hydrogen (secondary N) is 1. The normalized spacial score (nSPS) is 15.7. The van der Waals surface area contributed by atoms with Crippen molar-refractivity contribution in [3.8, 4) is 0 Å². The molecule has 1 fully saturated rings. The second kappa shape index (κ2) is 7.40. The summed E-state index contributed by atoms with van der Waals surface area (Å²) in [4.78, 5) is 19.4. The smallest absolute Gasteiger partial charge is 0.271 e. The highest BCUT2D eigenvalue weighted by Crippen LogP contribution is 2.20. The van der Waals surface area contributed by atoms with Crippen molar-refractivity contribution in [3.05, 3.63) is 65.6 Å². The number of anilines is 1. The number of benzene rings is 1. The van der Waals surface area contributed by atoms with E-state index in [1.165, 1.54) is 5.69 Å². The van der Waals surface area contributed by atoms with Crippen molar-refractivity contribution >= 4 is 17.2 Å². The maximum Gasteiger partial charge on any atom is 0.271 e. The molecule has 0 spiro atoms. The number of fused-ring (bicyclic) bond motifs is 1. The summed E-state index contributed by atoms with van der Waals surface area (Å²) in [5.74, 6) is -0.164. The van der Waals surface area contributed by atoms with Crippen LogP contribution >= 0.6 is 0 Å². The topological polar surface area (TPSA) is 58.9 Å². The van der Waals surface area contributed by atoms with Gasteiger partial charge in [0.2, 0.25) is 0 Å². The molecule has 1 saturated heterocycles. The number of ether oxygens (including phenoxy) is 1. The van der Waals surface area contributed by atoms with Crippen LogP contribution in [0.15, 0.2) is 48.8 Å². The lowest BCUT2D eigenvalue weighted by Crippen LogP contribution is -2.36. The van der Waals surface area contributed by atoms with Gasteiger partial charge >= 0.3 is 0 Å². The Hall–Kier alpha value is -2.86. The molecule has 6 heteroatoms. The van der Waals surface area contributed by atoms with Gasteiger partial charge < -0.3 is 19.4 Å². The number of imidazole rings is 1. The fraction of sp³-hybridized carbons (Fsp3) is 0.333. The molecule has 0 bridgehead atoms. The average Bonchev–Trinajstić information content (AvgIpc) is 3.15. The minimum Gasteiger partial charge on any atom is -0.378 e. The SMILES string of the molecule is Cc1cccn2cc(C(=O)N[C@H](C)c3ccc(N4CCOCC4)cc3)nc12. The molecular weight excluding hydrogens is 340 g/mol. The van der Waals surface area contributed by atoms with Crippen LogP contribution in [-0.4, -0.2) is 41.6 Å². The Labute approximate surface area is 158 Å². The van der Waals surface area contributed by atoms with E-state index in [9.17, 15) is 4.79 Å². The van der Waals surface area contributed by atoms with Crippen molar-refractivity contribution in [2.24, 2.45) is 0 Å². The first kappa shape index (κ1) is 17.5. The number of amides is 1.